The fourth-order valence-electron chi connectivity index (χ4n) is 7.45. The first-order valence-corrected chi connectivity index (χ1v) is 23.4. The highest BCUT2D eigenvalue weighted by atomic mass is 32.2. The third-order valence-electron chi connectivity index (χ3n) is 10.4. The van der Waals surface area contributed by atoms with Crippen LogP contribution in [0.1, 0.15) is 44.5 Å². The third-order valence-corrected chi connectivity index (χ3v) is 14.6. The summed E-state index contributed by atoms with van der Waals surface area (Å²) in [5.41, 5.74) is 8.76. The zero-order valence-corrected chi connectivity index (χ0v) is 36.5. The number of nitrogens with zero attached hydrogens (tertiary/aromatic N) is 5. The van der Waals surface area contributed by atoms with Gasteiger partial charge in [-0.15, -0.1) is 40.0 Å². The molecule has 3 N–H and O–H groups in total. The van der Waals surface area contributed by atoms with E-state index in [2.05, 4.69) is 25.0 Å². The first-order chi connectivity index (χ1) is 30.9. The van der Waals surface area contributed by atoms with Crippen LogP contribution in [0.4, 0.5) is 5.13 Å². The summed E-state index contributed by atoms with van der Waals surface area (Å²) in [6.45, 7) is 0. The van der Waals surface area contributed by atoms with Crippen molar-refractivity contribution in [3.63, 3.8) is 0 Å². The molecular weight excluding hydrogens is 871 g/mol. The lowest BCUT2D eigenvalue weighted by atomic mass is 9.80. The molecule has 314 valence electrons. The molecule has 0 aliphatic carbocycles. The molecule has 2 atom stereocenters. The zero-order valence-electron chi connectivity index (χ0n) is 33.2. The van der Waals surface area contributed by atoms with Crippen LogP contribution in [-0.2, 0) is 35.3 Å². The molecule has 0 spiro atoms. The van der Waals surface area contributed by atoms with E-state index in [9.17, 15) is 14.4 Å². The minimum atomic E-state index is -1.31. The Balaban J connectivity index is 1.04. The molecule has 7 aromatic rings. The lowest BCUT2D eigenvalue weighted by molar-refractivity contribution is -0.154. The van der Waals surface area contributed by atoms with Crippen LogP contribution in [-0.4, -0.2) is 60.1 Å². The van der Waals surface area contributed by atoms with Gasteiger partial charge in [0.05, 0.1) is 11.1 Å². The summed E-state index contributed by atoms with van der Waals surface area (Å²) < 4.78 is 10.3. The lowest BCUT2D eigenvalue weighted by Gasteiger charge is -2.49. The van der Waals surface area contributed by atoms with Crippen molar-refractivity contribution in [2.45, 2.75) is 28.9 Å². The van der Waals surface area contributed by atoms with Crippen LogP contribution in [0.3, 0.4) is 0 Å². The summed E-state index contributed by atoms with van der Waals surface area (Å²) in [7, 11) is 0. The summed E-state index contributed by atoms with van der Waals surface area (Å²) in [5, 5.41) is 12.7. The van der Waals surface area contributed by atoms with E-state index in [4.69, 9.17) is 15.3 Å². The maximum absolute atomic E-state index is 14.6. The highest BCUT2D eigenvalue weighted by Crippen LogP contribution is 2.46. The molecule has 5 aromatic carbocycles. The fourth-order valence-corrected chi connectivity index (χ4v) is 11.1. The van der Waals surface area contributed by atoms with Crippen LogP contribution < -0.4 is 11.1 Å². The molecule has 16 heteroatoms. The summed E-state index contributed by atoms with van der Waals surface area (Å²) in [6, 6.07) is 46.8. The molecule has 12 nitrogen and oxygen atoms in total. The molecule has 63 heavy (non-hydrogen) atoms. The van der Waals surface area contributed by atoms with E-state index in [1.807, 2.05) is 152 Å². The van der Waals surface area contributed by atoms with E-state index in [1.165, 1.54) is 40.0 Å². The molecule has 0 saturated carbocycles. The highest BCUT2D eigenvalue weighted by Gasteiger charge is 2.55. The van der Waals surface area contributed by atoms with E-state index < -0.39 is 40.9 Å². The predicted molar refractivity (Wildman–Crippen MR) is 247 cm³/mol. The average molecular weight is 908 g/mol. The van der Waals surface area contributed by atoms with Gasteiger partial charge >= 0.3 is 5.97 Å². The van der Waals surface area contributed by atoms with Gasteiger partial charge < -0.3 is 20.6 Å². The monoisotopic (exact) mass is 907 g/mol. The molecule has 0 unspecified atom stereocenters. The second-order valence-electron chi connectivity index (χ2n) is 14.3. The Bertz CT molecular complexity index is 2620. The van der Waals surface area contributed by atoms with Gasteiger partial charge in [0, 0.05) is 38.5 Å². The molecule has 0 radical (unpaired) electrons. The number of thiazole rings is 1. The van der Waals surface area contributed by atoms with Crippen molar-refractivity contribution in [2.75, 3.05) is 11.5 Å². The summed E-state index contributed by atoms with van der Waals surface area (Å²) in [4.78, 5) is 57.7. The van der Waals surface area contributed by atoms with Crippen molar-refractivity contribution >= 4 is 75.0 Å². The Labute approximate surface area is 379 Å². The molecule has 9 rings (SSSR count). The number of esters is 1. The van der Waals surface area contributed by atoms with Crippen LogP contribution in [0.25, 0.3) is 0 Å². The van der Waals surface area contributed by atoms with Crippen LogP contribution in [0.5, 0.6) is 0 Å². The summed E-state index contributed by atoms with van der Waals surface area (Å²) >= 11 is 5.27. The van der Waals surface area contributed by atoms with Crippen LogP contribution >= 0.6 is 46.4 Å². The third kappa shape index (κ3) is 8.62. The Morgan fingerprint density at radius 3 is 1.90 bits per heavy atom. The Hall–Kier alpha value is -6.59. The van der Waals surface area contributed by atoms with Crippen molar-refractivity contribution in [1.29, 1.82) is 0 Å². The molecule has 2 aromatic heterocycles. The number of carbonyl (C=O) groups excluding carboxylic acids is 3. The van der Waals surface area contributed by atoms with Gasteiger partial charge in [-0.2, -0.15) is 0 Å². The van der Waals surface area contributed by atoms with E-state index in [-0.39, 0.29) is 22.2 Å². The molecule has 2 aliphatic heterocycles. The van der Waals surface area contributed by atoms with Gasteiger partial charge in [0.2, 0.25) is 5.60 Å². The van der Waals surface area contributed by atoms with Crippen molar-refractivity contribution in [1.82, 2.24) is 24.8 Å². The number of amides is 2. The number of thioether (sulfide) groups is 2. The number of anilines is 1. The number of carbonyl (C=O) groups is 3. The zero-order chi connectivity index (χ0) is 43.2. The Morgan fingerprint density at radius 2 is 1.40 bits per heavy atom. The van der Waals surface area contributed by atoms with Gasteiger partial charge in [-0.25, -0.2) is 9.78 Å². The number of benzene rings is 5. The molecule has 2 aliphatic rings. The molecule has 4 heterocycles. The number of hydrogen-bond acceptors (Lipinski definition) is 14. The highest BCUT2D eigenvalue weighted by molar-refractivity contribution is 8.05. The fraction of sp³-hybridized carbons (Fsp3) is 0.128. The normalized spacial score (nSPS) is 16.3. The van der Waals surface area contributed by atoms with Gasteiger partial charge in [0.25, 0.3) is 11.8 Å². The number of nitrogens with two attached hydrogens (primary N) is 1. The summed E-state index contributed by atoms with van der Waals surface area (Å²) in [6.07, 6.45) is 0.932. The van der Waals surface area contributed by atoms with Crippen LogP contribution in [0.15, 0.2) is 179 Å². The minimum absolute atomic E-state index is 0.136. The number of β-lactam (4-membered cyclic amide) rings is 1. The van der Waals surface area contributed by atoms with Crippen LogP contribution in [0.2, 0.25) is 0 Å². The van der Waals surface area contributed by atoms with Gasteiger partial charge in [0.1, 0.15) is 22.8 Å². The van der Waals surface area contributed by atoms with Gasteiger partial charge in [-0.1, -0.05) is 161 Å². The number of hydrogen-bond donors (Lipinski definition) is 2. The minimum Gasteiger partial charge on any atom is -0.448 e. The second kappa shape index (κ2) is 18.8. The summed E-state index contributed by atoms with van der Waals surface area (Å²) in [5.74, 6) is -0.976. The van der Waals surface area contributed by atoms with E-state index in [0.29, 0.717) is 16.4 Å². The molecular formula is C47H37N7O5S4. The molecule has 2 amide bonds. The number of fused-ring (bicyclic) bond motifs is 1. The van der Waals surface area contributed by atoms with Gasteiger partial charge in [-0.3, -0.25) is 14.5 Å². The SMILES string of the molecule is Nc1nc(/C(=N/OC(c2ccccc2)(c2ccccc2)c2ccccc2)C(=O)N[C@@H]2C(=O)N3C(C(=O)OC(c4ccccc4)c4ccccc4)=C(SCc4cnns4)CS[C@H]23)cs1. The van der Waals surface area contributed by atoms with E-state index >= 15 is 0 Å². The van der Waals surface area contributed by atoms with Crippen molar-refractivity contribution in [3.05, 3.63) is 212 Å². The maximum atomic E-state index is 14.6. The maximum Gasteiger partial charge on any atom is 0.356 e. The van der Waals surface area contributed by atoms with Crippen molar-refractivity contribution in [2.24, 2.45) is 5.16 Å². The number of aromatic nitrogens is 3. The number of nitrogens with one attached hydrogen (secondary N) is 1. The topological polar surface area (TPSA) is 162 Å². The number of nitrogen functional groups attached to an aromatic ring is 1. The predicted octanol–water partition coefficient (Wildman–Crippen LogP) is 8.17. The van der Waals surface area contributed by atoms with Crippen molar-refractivity contribution < 1.29 is 24.0 Å². The molecule has 1 fully saturated rings. The number of ether oxygens (including phenoxy) is 1. The standard InChI is InChI=1S/C47H37N7O5S4/c48-46-50-36(28-62-46)38(52-59-47(32-20-10-3-11-21-32,33-22-12-4-13-23-33)34-24-14-5-15-25-34)42(55)51-39-43(56)54-40(37(29-61-44(39)54)60-27-35-26-49-53-63-35)45(57)58-41(30-16-6-1-7-17-30)31-18-8-2-9-19-31/h1-26,28,39,41,44H,27,29H2,(H2,48,50)(H,51,55)/b52-38-/t39-,44-/m1/s1. The second-order valence-corrected chi connectivity index (χ2v) is 18.2. The largest absolute Gasteiger partial charge is 0.448 e. The Morgan fingerprint density at radius 1 is 0.841 bits per heavy atom. The first-order valence-electron chi connectivity index (χ1n) is 19.7. The smallest absolute Gasteiger partial charge is 0.356 e. The average Bonchev–Trinajstić information content (AvgIpc) is 4.03. The lowest BCUT2D eigenvalue weighted by Crippen LogP contribution is -2.71. The van der Waals surface area contributed by atoms with Crippen molar-refractivity contribution in [3.8, 4) is 0 Å². The quantitative estimate of drug-likeness (QED) is 0.0336. The number of oxime groups is 1. The van der Waals surface area contributed by atoms with Crippen LogP contribution in [0, 0.1) is 0 Å². The van der Waals surface area contributed by atoms with Gasteiger partial charge in [0.15, 0.2) is 16.9 Å². The van der Waals surface area contributed by atoms with E-state index in [1.54, 1.807) is 11.6 Å². The molecule has 1 saturated heterocycles. The van der Waals surface area contributed by atoms with Gasteiger partial charge in [-0.05, 0) is 22.7 Å². The molecule has 0 bridgehead atoms. The van der Waals surface area contributed by atoms with E-state index in [0.717, 1.165) is 44.0 Å². The first kappa shape index (κ1) is 41.7. The Kier molecular flexibility index (Phi) is 12.5. The number of rotatable bonds is 15.